The summed E-state index contributed by atoms with van der Waals surface area (Å²) in [4.78, 5) is 13.7. The average molecular weight is 243 g/mol. The quantitative estimate of drug-likeness (QED) is 0.693. The van der Waals surface area contributed by atoms with Crippen molar-refractivity contribution in [1.29, 1.82) is 0 Å². The lowest BCUT2D eigenvalue weighted by molar-refractivity contribution is -0.151. The summed E-state index contributed by atoms with van der Waals surface area (Å²) in [5, 5.41) is 9.41. The average Bonchev–Trinajstić information content (AvgIpc) is 2.70. The number of carbonyl (C=O) groups is 1. The zero-order valence-corrected chi connectivity index (χ0v) is 11.2. The molecule has 1 unspecified atom stereocenters. The maximum absolute atomic E-state index is 11.4. The van der Waals surface area contributed by atoms with Gasteiger partial charge in [-0.25, -0.2) is 0 Å². The minimum Gasteiger partial charge on any atom is -0.481 e. The van der Waals surface area contributed by atoms with Crippen LogP contribution in [0.15, 0.2) is 0 Å². The molecule has 4 heteroatoms. The van der Waals surface area contributed by atoms with Crippen molar-refractivity contribution >= 4 is 5.97 Å². The summed E-state index contributed by atoms with van der Waals surface area (Å²) in [6, 6.07) is 0. The van der Waals surface area contributed by atoms with E-state index in [9.17, 15) is 9.90 Å². The Morgan fingerprint density at radius 3 is 2.65 bits per heavy atom. The minimum absolute atomic E-state index is 0.198. The van der Waals surface area contributed by atoms with Crippen LogP contribution in [0.2, 0.25) is 0 Å². The van der Waals surface area contributed by atoms with Gasteiger partial charge in [0.05, 0.1) is 5.41 Å². The molecule has 0 bridgehead atoms. The molecule has 0 aromatic heterocycles. The van der Waals surface area contributed by atoms with Gasteiger partial charge in [0.2, 0.25) is 0 Å². The van der Waals surface area contributed by atoms with Crippen LogP contribution in [0.4, 0.5) is 0 Å². The van der Waals surface area contributed by atoms with Crippen molar-refractivity contribution in [3.05, 3.63) is 0 Å². The Balaban J connectivity index is 2.41. The third-order valence-corrected chi connectivity index (χ3v) is 3.98. The van der Waals surface area contributed by atoms with Gasteiger partial charge in [0.15, 0.2) is 0 Å². The maximum Gasteiger partial charge on any atom is 0.311 e. The lowest BCUT2D eigenvalue weighted by atomic mass is 9.76. The first-order valence-corrected chi connectivity index (χ1v) is 6.47. The topological polar surface area (TPSA) is 49.8 Å². The molecule has 0 saturated carbocycles. The van der Waals surface area contributed by atoms with E-state index in [-0.39, 0.29) is 5.92 Å². The van der Waals surface area contributed by atoms with Gasteiger partial charge >= 0.3 is 5.97 Å². The van der Waals surface area contributed by atoms with Gasteiger partial charge in [-0.05, 0) is 38.3 Å². The van der Waals surface area contributed by atoms with Crippen LogP contribution >= 0.6 is 0 Å². The third-order valence-electron chi connectivity index (χ3n) is 3.98. The van der Waals surface area contributed by atoms with Crippen molar-refractivity contribution in [2.75, 3.05) is 33.4 Å². The Bertz CT molecular complexity index is 255. The molecule has 0 amide bonds. The lowest BCUT2D eigenvalue weighted by Crippen LogP contribution is -2.39. The second-order valence-corrected chi connectivity index (χ2v) is 5.34. The van der Waals surface area contributed by atoms with Gasteiger partial charge in [-0.3, -0.25) is 4.79 Å². The number of carboxylic acid groups (broad SMARTS) is 1. The van der Waals surface area contributed by atoms with Crippen molar-refractivity contribution in [2.45, 2.75) is 33.1 Å². The van der Waals surface area contributed by atoms with Gasteiger partial charge in [0.1, 0.15) is 0 Å². The fourth-order valence-corrected chi connectivity index (χ4v) is 2.58. The second-order valence-electron chi connectivity index (χ2n) is 5.34. The number of hydrogen-bond donors (Lipinski definition) is 1. The molecule has 1 aliphatic heterocycles. The van der Waals surface area contributed by atoms with Crippen LogP contribution in [0.5, 0.6) is 0 Å². The molecule has 1 rings (SSSR count). The summed E-state index contributed by atoms with van der Waals surface area (Å²) in [5.74, 6) is -0.434. The molecular formula is C13H25NO3. The smallest absolute Gasteiger partial charge is 0.311 e. The highest BCUT2D eigenvalue weighted by molar-refractivity contribution is 5.75. The predicted octanol–water partition coefficient (Wildman–Crippen LogP) is 1.85. The summed E-state index contributed by atoms with van der Waals surface area (Å²) in [5.41, 5.74) is -0.527. The molecule has 1 fully saturated rings. The van der Waals surface area contributed by atoms with Gasteiger partial charge in [0.25, 0.3) is 0 Å². The molecule has 1 heterocycles. The molecule has 0 aromatic rings. The van der Waals surface area contributed by atoms with Crippen LogP contribution in [0.3, 0.4) is 0 Å². The van der Waals surface area contributed by atoms with E-state index in [2.05, 4.69) is 4.90 Å². The molecule has 1 atom stereocenters. The van der Waals surface area contributed by atoms with Gasteiger partial charge < -0.3 is 14.7 Å². The Hall–Kier alpha value is -0.610. The van der Waals surface area contributed by atoms with E-state index in [0.717, 1.165) is 39.0 Å². The predicted molar refractivity (Wildman–Crippen MR) is 67.1 cm³/mol. The van der Waals surface area contributed by atoms with Crippen LogP contribution in [-0.4, -0.2) is 49.3 Å². The van der Waals surface area contributed by atoms with Crippen LogP contribution in [0.1, 0.15) is 33.1 Å². The molecule has 0 spiro atoms. The number of ether oxygens (including phenoxy) is 1. The number of hydrogen-bond acceptors (Lipinski definition) is 3. The fourth-order valence-electron chi connectivity index (χ4n) is 2.58. The molecule has 1 aliphatic rings. The summed E-state index contributed by atoms with van der Waals surface area (Å²) >= 11 is 0. The highest BCUT2D eigenvalue weighted by Crippen LogP contribution is 2.38. The van der Waals surface area contributed by atoms with E-state index in [4.69, 9.17) is 4.74 Å². The van der Waals surface area contributed by atoms with Gasteiger partial charge in [-0.15, -0.1) is 0 Å². The standard InChI is InChI=1S/C13H25NO3/c1-11(2)13(12(15)16)6-8-14(10-13)7-4-5-9-17-3/h11H,4-10H2,1-3H3,(H,15,16). The first-order chi connectivity index (χ1) is 8.03. The van der Waals surface area contributed by atoms with E-state index >= 15 is 0 Å². The molecule has 1 N–H and O–H groups in total. The van der Waals surface area contributed by atoms with E-state index in [1.54, 1.807) is 7.11 Å². The number of carboxylic acids is 1. The molecule has 0 radical (unpaired) electrons. The van der Waals surface area contributed by atoms with Gasteiger partial charge in [-0.1, -0.05) is 13.8 Å². The number of aliphatic carboxylic acids is 1. The molecule has 100 valence electrons. The van der Waals surface area contributed by atoms with Crippen molar-refractivity contribution in [3.8, 4) is 0 Å². The Kier molecular flexibility index (Phi) is 5.40. The van der Waals surface area contributed by atoms with E-state index in [1.165, 1.54) is 0 Å². The fraction of sp³-hybridized carbons (Fsp3) is 0.923. The second kappa shape index (κ2) is 6.36. The monoisotopic (exact) mass is 243 g/mol. The molecule has 17 heavy (non-hydrogen) atoms. The summed E-state index contributed by atoms with van der Waals surface area (Å²) in [6.07, 6.45) is 2.92. The normalized spacial score (nSPS) is 25.6. The van der Waals surface area contributed by atoms with Crippen molar-refractivity contribution in [1.82, 2.24) is 4.90 Å². The molecule has 1 saturated heterocycles. The van der Waals surface area contributed by atoms with Gasteiger partial charge in [0, 0.05) is 20.3 Å². The van der Waals surface area contributed by atoms with Crippen molar-refractivity contribution in [3.63, 3.8) is 0 Å². The number of methoxy groups -OCH3 is 1. The zero-order valence-electron chi connectivity index (χ0n) is 11.2. The molecule has 0 aromatic carbocycles. The summed E-state index contributed by atoms with van der Waals surface area (Å²) in [6.45, 7) is 7.43. The van der Waals surface area contributed by atoms with E-state index in [0.29, 0.717) is 6.54 Å². The van der Waals surface area contributed by atoms with Crippen LogP contribution in [0, 0.1) is 11.3 Å². The first kappa shape index (κ1) is 14.5. The SMILES string of the molecule is COCCCCN1CCC(C(=O)O)(C(C)C)C1. The minimum atomic E-state index is -0.633. The number of likely N-dealkylation sites (tertiary alicyclic amines) is 1. The largest absolute Gasteiger partial charge is 0.481 e. The highest BCUT2D eigenvalue weighted by Gasteiger charge is 2.46. The molecular weight excluding hydrogens is 218 g/mol. The Labute approximate surface area is 104 Å². The first-order valence-electron chi connectivity index (χ1n) is 6.47. The Morgan fingerprint density at radius 2 is 2.18 bits per heavy atom. The van der Waals surface area contributed by atoms with Crippen molar-refractivity contribution < 1.29 is 14.6 Å². The maximum atomic E-state index is 11.4. The third kappa shape index (κ3) is 3.42. The van der Waals surface area contributed by atoms with Crippen LogP contribution < -0.4 is 0 Å². The van der Waals surface area contributed by atoms with E-state index < -0.39 is 11.4 Å². The van der Waals surface area contributed by atoms with Crippen LogP contribution in [0.25, 0.3) is 0 Å². The van der Waals surface area contributed by atoms with Crippen molar-refractivity contribution in [2.24, 2.45) is 11.3 Å². The highest BCUT2D eigenvalue weighted by atomic mass is 16.5. The number of nitrogens with zero attached hydrogens (tertiary/aromatic N) is 1. The molecule has 4 nitrogen and oxygen atoms in total. The zero-order chi connectivity index (χ0) is 12.9. The lowest BCUT2D eigenvalue weighted by Gasteiger charge is -2.28. The summed E-state index contributed by atoms with van der Waals surface area (Å²) < 4.78 is 5.01. The van der Waals surface area contributed by atoms with Gasteiger partial charge in [-0.2, -0.15) is 0 Å². The van der Waals surface area contributed by atoms with Crippen LogP contribution in [-0.2, 0) is 9.53 Å². The number of unbranched alkanes of at least 4 members (excludes halogenated alkanes) is 1. The molecule has 0 aliphatic carbocycles. The van der Waals surface area contributed by atoms with E-state index in [1.807, 2.05) is 13.8 Å². The Morgan fingerprint density at radius 1 is 1.47 bits per heavy atom. The summed E-state index contributed by atoms with van der Waals surface area (Å²) in [7, 11) is 1.71. The number of rotatable bonds is 7.